The van der Waals surface area contributed by atoms with E-state index < -0.39 is 29.6 Å². The standard InChI is InChI=1S/C30H25Cl2IN2O7S/c1-3-10-41-29(38)20-14-19(8-9-22(20)32)34-26(36)15-35-28(37)25(43-30(35)39)13-17-11-23(33)27(24(12-17)40-2)42-16-18-6-4-5-7-21(18)31/h4-9,11-14H,3,10,15-16H2,1-2H3,(H,34,36)/b25-13+. The smallest absolute Gasteiger partial charge is 0.339 e. The average molecular weight is 755 g/mol. The molecule has 0 unspecified atom stereocenters. The first-order valence-electron chi connectivity index (χ1n) is 12.9. The zero-order chi connectivity index (χ0) is 31.1. The van der Waals surface area contributed by atoms with Crippen LogP contribution in [0.25, 0.3) is 6.08 Å². The number of halogens is 3. The third-order valence-electron chi connectivity index (χ3n) is 5.96. The van der Waals surface area contributed by atoms with E-state index in [0.29, 0.717) is 28.5 Å². The minimum absolute atomic E-state index is 0.0901. The van der Waals surface area contributed by atoms with Crippen LogP contribution >= 0.6 is 57.6 Å². The summed E-state index contributed by atoms with van der Waals surface area (Å²) in [5.41, 5.74) is 1.77. The fourth-order valence-electron chi connectivity index (χ4n) is 3.89. The van der Waals surface area contributed by atoms with E-state index in [4.69, 9.17) is 37.4 Å². The van der Waals surface area contributed by atoms with Crippen LogP contribution < -0.4 is 14.8 Å². The number of thioether (sulfide) groups is 1. The normalized spacial score (nSPS) is 13.8. The van der Waals surface area contributed by atoms with Gasteiger partial charge >= 0.3 is 5.97 Å². The van der Waals surface area contributed by atoms with Crippen molar-refractivity contribution in [3.63, 3.8) is 0 Å². The van der Waals surface area contributed by atoms with E-state index in [2.05, 4.69) is 27.9 Å². The first-order valence-corrected chi connectivity index (χ1v) is 15.5. The van der Waals surface area contributed by atoms with Gasteiger partial charge in [-0.1, -0.05) is 48.3 Å². The van der Waals surface area contributed by atoms with Gasteiger partial charge in [0.05, 0.1) is 32.8 Å². The SMILES string of the molecule is CCCOC(=O)c1cc(NC(=O)CN2C(=O)S/C(=C/c3cc(I)c(OCc4ccccc4Cl)c(OC)c3)C2=O)ccc1Cl. The molecular formula is C30H25Cl2IN2O7S. The highest BCUT2D eigenvalue weighted by atomic mass is 127. The van der Waals surface area contributed by atoms with Crippen LogP contribution in [0.5, 0.6) is 11.5 Å². The Morgan fingerprint density at radius 3 is 2.56 bits per heavy atom. The van der Waals surface area contributed by atoms with Crippen molar-refractivity contribution in [3.8, 4) is 11.5 Å². The third-order valence-corrected chi connectivity index (χ3v) is 8.37. The molecule has 0 aliphatic carbocycles. The summed E-state index contributed by atoms with van der Waals surface area (Å²) in [6.45, 7) is 1.80. The Morgan fingerprint density at radius 2 is 1.84 bits per heavy atom. The lowest BCUT2D eigenvalue weighted by Crippen LogP contribution is -2.36. The molecule has 1 N–H and O–H groups in total. The number of imide groups is 1. The zero-order valence-electron chi connectivity index (χ0n) is 22.9. The average Bonchev–Trinajstić information content (AvgIpc) is 3.23. The van der Waals surface area contributed by atoms with Crippen molar-refractivity contribution < 1.29 is 33.4 Å². The Bertz CT molecular complexity index is 1620. The van der Waals surface area contributed by atoms with Crippen molar-refractivity contribution in [2.75, 3.05) is 25.6 Å². The molecule has 1 aliphatic rings. The molecule has 1 saturated heterocycles. The summed E-state index contributed by atoms with van der Waals surface area (Å²) in [6.07, 6.45) is 2.20. The highest BCUT2D eigenvalue weighted by Gasteiger charge is 2.36. The summed E-state index contributed by atoms with van der Waals surface area (Å²) >= 11 is 15.2. The Balaban J connectivity index is 1.44. The topological polar surface area (TPSA) is 111 Å². The second kappa shape index (κ2) is 15.0. The molecule has 3 aromatic rings. The van der Waals surface area contributed by atoms with E-state index in [0.717, 1.165) is 25.8 Å². The summed E-state index contributed by atoms with van der Waals surface area (Å²) in [6, 6.07) is 15.2. The van der Waals surface area contributed by atoms with E-state index in [1.807, 2.05) is 25.1 Å². The number of methoxy groups -OCH3 is 1. The monoisotopic (exact) mass is 754 g/mol. The van der Waals surface area contributed by atoms with Gasteiger partial charge in [0.15, 0.2) is 11.5 Å². The van der Waals surface area contributed by atoms with Crippen molar-refractivity contribution in [1.82, 2.24) is 4.90 Å². The lowest BCUT2D eigenvalue weighted by molar-refractivity contribution is -0.127. The molecule has 224 valence electrons. The van der Waals surface area contributed by atoms with Crippen molar-refractivity contribution in [1.29, 1.82) is 0 Å². The summed E-state index contributed by atoms with van der Waals surface area (Å²) in [4.78, 5) is 51.7. The first-order chi connectivity index (χ1) is 20.6. The Labute approximate surface area is 276 Å². The Kier molecular flexibility index (Phi) is 11.4. The number of amides is 3. The van der Waals surface area contributed by atoms with Crippen LogP contribution in [0.15, 0.2) is 59.5 Å². The van der Waals surface area contributed by atoms with Crippen LogP contribution in [0, 0.1) is 3.57 Å². The van der Waals surface area contributed by atoms with Gasteiger partial charge in [0, 0.05) is 16.3 Å². The summed E-state index contributed by atoms with van der Waals surface area (Å²) in [5.74, 6) is -0.919. The molecule has 13 heteroatoms. The summed E-state index contributed by atoms with van der Waals surface area (Å²) in [5, 5.41) is 2.75. The second-order valence-electron chi connectivity index (χ2n) is 9.06. The van der Waals surface area contributed by atoms with Gasteiger partial charge in [-0.05, 0) is 88.8 Å². The molecule has 0 radical (unpaired) electrons. The minimum atomic E-state index is -0.630. The number of ether oxygens (including phenoxy) is 3. The van der Waals surface area contributed by atoms with Gasteiger partial charge in [0.25, 0.3) is 11.1 Å². The molecule has 1 fully saturated rings. The highest BCUT2D eigenvalue weighted by Crippen LogP contribution is 2.38. The number of anilines is 1. The maximum absolute atomic E-state index is 13.1. The zero-order valence-corrected chi connectivity index (χ0v) is 27.4. The fourth-order valence-corrected chi connectivity index (χ4v) is 5.90. The number of rotatable bonds is 11. The van der Waals surface area contributed by atoms with Crippen molar-refractivity contribution in [2.45, 2.75) is 20.0 Å². The number of benzene rings is 3. The van der Waals surface area contributed by atoms with Gasteiger partial charge in [-0.15, -0.1) is 0 Å². The quantitative estimate of drug-likeness (QED) is 0.122. The van der Waals surface area contributed by atoms with Gasteiger partial charge in [-0.25, -0.2) is 4.79 Å². The number of hydrogen-bond donors (Lipinski definition) is 1. The van der Waals surface area contributed by atoms with Crippen molar-refractivity contribution in [2.24, 2.45) is 0 Å². The molecule has 0 atom stereocenters. The minimum Gasteiger partial charge on any atom is -0.493 e. The van der Waals surface area contributed by atoms with Crippen LogP contribution in [0.2, 0.25) is 10.0 Å². The van der Waals surface area contributed by atoms with E-state index >= 15 is 0 Å². The van der Waals surface area contributed by atoms with Crippen LogP contribution in [0.4, 0.5) is 10.5 Å². The summed E-state index contributed by atoms with van der Waals surface area (Å²) in [7, 11) is 1.50. The number of carbonyl (C=O) groups excluding carboxylic acids is 4. The molecule has 0 aromatic heterocycles. The number of nitrogens with zero attached hydrogens (tertiary/aromatic N) is 1. The van der Waals surface area contributed by atoms with Crippen LogP contribution in [0.1, 0.15) is 34.8 Å². The molecule has 1 aliphatic heterocycles. The van der Waals surface area contributed by atoms with E-state index in [9.17, 15) is 19.2 Å². The Hall–Kier alpha value is -3.26. The molecule has 0 saturated carbocycles. The van der Waals surface area contributed by atoms with Crippen LogP contribution in [0.3, 0.4) is 0 Å². The van der Waals surface area contributed by atoms with Gasteiger partial charge in [0.1, 0.15) is 13.2 Å². The molecule has 43 heavy (non-hydrogen) atoms. The maximum Gasteiger partial charge on any atom is 0.339 e. The lowest BCUT2D eigenvalue weighted by Gasteiger charge is -2.14. The number of esters is 1. The third kappa shape index (κ3) is 8.22. The fraction of sp³-hybridized carbons (Fsp3) is 0.200. The second-order valence-corrected chi connectivity index (χ2v) is 12.0. The number of carbonyl (C=O) groups is 4. The first kappa shape index (κ1) is 32.6. The van der Waals surface area contributed by atoms with E-state index in [1.54, 1.807) is 24.3 Å². The van der Waals surface area contributed by atoms with Crippen LogP contribution in [-0.2, 0) is 20.9 Å². The highest BCUT2D eigenvalue weighted by molar-refractivity contribution is 14.1. The number of hydrogen-bond acceptors (Lipinski definition) is 8. The number of nitrogens with one attached hydrogen (secondary N) is 1. The van der Waals surface area contributed by atoms with Crippen molar-refractivity contribution >= 4 is 92.3 Å². The van der Waals surface area contributed by atoms with Gasteiger partial charge in [-0.2, -0.15) is 0 Å². The van der Waals surface area contributed by atoms with Gasteiger partial charge < -0.3 is 19.5 Å². The van der Waals surface area contributed by atoms with Crippen LogP contribution in [-0.4, -0.2) is 48.2 Å². The predicted molar refractivity (Wildman–Crippen MR) is 175 cm³/mol. The van der Waals surface area contributed by atoms with Gasteiger partial charge in [-0.3, -0.25) is 19.3 Å². The maximum atomic E-state index is 13.1. The molecule has 9 nitrogen and oxygen atoms in total. The molecule has 4 rings (SSSR count). The lowest BCUT2D eigenvalue weighted by atomic mass is 10.1. The summed E-state index contributed by atoms with van der Waals surface area (Å²) < 4.78 is 17.4. The molecule has 3 aromatic carbocycles. The van der Waals surface area contributed by atoms with Crippen molar-refractivity contribution in [3.05, 3.63) is 89.8 Å². The Morgan fingerprint density at radius 1 is 1.07 bits per heavy atom. The molecular weight excluding hydrogens is 730 g/mol. The van der Waals surface area contributed by atoms with Gasteiger partial charge in [0.2, 0.25) is 5.91 Å². The van der Waals surface area contributed by atoms with E-state index in [1.165, 1.54) is 25.3 Å². The van der Waals surface area contributed by atoms with E-state index in [-0.39, 0.29) is 34.4 Å². The predicted octanol–water partition coefficient (Wildman–Crippen LogP) is 7.43. The largest absolute Gasteiger partial charge is 0.493 e. The molecule has 1 heterocycles. The molecule has 0 spiro atoms. The molecule has 0 bridgehead atoms. The molecule has 3 amide bonds.